The molecule has 0 saturated heterocycles. The molecule has 2 aromatic heterocycles. The fourth-order valence-electron chi connectivity index (χ4n) is 4.06. The number of rotatable bonds is 4. The topological polar surface area (TPSA) is 109 Å². The van der Waals surface area contributed by atoms with E-state index in [2.05, 4.69) is 6.92 Å². The van der Waals surface area contributed by atoms with Crippen LogP contribution in [0.1, 0.15) is 42.1 Å². The normalized spacial score (nSPS) is 19.2. The van der Waals surface area contributed by atoms with Crippen molar-refractivity contribution < 1.29 is 9.53 Å². The van der Waals surface area contributed by atoms with E-state index < -0.39 is 0 Å². The second-order valence-corrected chi connectivity index (χ2v) is 7.40. The molecule has 0 unspecified atom stereocenters. The van der Waals surface area contributed by atoms with E-state index in [1.165, 1.54) is 0 Å². The number of hydrogen-bond acceptors (Lipinski definition) is 6. The lowest BCUT2D eigenvalue weighted by Gasteiger charge is -2.14. The Morgan fingerprint density at radius 2 is 1.96 bits per heavy atom. The maximum atomic E-state index is 11.6. The summed E-state index contributed by atoms with van der Waals surface area (Å²) in [5.41, 5.74) is 10.1. The number of hydrogen-bond donors (Lipinski definition) is 2. The zero-order valence-electron chi connectivity index (χ0n) is 16.2. The van der Waals surface area contributed by atoms with Gasteiger partial charge in [-0.15, -0.1) is 0 Å². The molecule has 0 spiro atoms. The lowest BCUT2D eigenvalue weighted by atomic mass is 9.98. The van der Waals surface area contributed by atoms with E-state index in [0.29, 0.717) is 5.82 Å². The number of esters is 1. The van der Waals surface area contributed by atoms with Gasteiger partial charge in [-0.2, -0.15) is 0 Å². The SMILES string of the molecule is Cc1c(C)n(N)c2nc(-c3ccccc3)nc([C@H]3CC[C@@H](OC(=O)CN)C3)c12. The van der Waals surface area contributed by atoms with Gasteiger partial charge in [-0.3, -0.25) is 4.79 Å². The molecule has 0 radical (unpaired) electrons. The number of aromatic nitrogens is 3. The first-order chi connectivity index (χ1) is 13.5. The zero-order valence-corrected chi connectivity index (χ0v) is 16.2. The van der Waals surface area contributed by atoms with Gasteiger partial charge in [0.25, 0.3) is 0 Å². The molecule has 4 rings (SSSR count). The minimum atomic E-state index is -0.358. The first-order valence-electron chi connectivity index (χ1n) is 9.59. The third-order valence-electron chi connectivity index (χ3n) is 5.69. The summed E-state index contributed by atoms with van der Waals surface area (Å²) >= 11 is 0. The fraction of sp³-hybridized carbons (Fsp3) is 0.381. The van der Waals surface area contributed by atoms with Crippen LogP contribution >= 0.6 is 0 Å². The highest BCUT2D eigenvalue weighted by Crippen LogP contribution is 2.40. The van der Waals surface area contributed by atoms with Crippen LogP contribution in [-0.4, -0.2) is 33.3 Å². The van der Waals surface area contributed by atoms with Crippen LogP contribution in [0.25, 0.3) is 22.4 Å². The molecule has 7 heteroatoms. The summed E-state index contributed by atoms with van der Waals surface area (Å²) < 4.78 is 7.10. The first-order valence-corrected chi connectivity index (χ1v) is 9.59. The summed E-state index contributed by atoms with van der Waals surface area (Å²) in [6.45, 7) is 3.95. The lowest BCUT2D eigenvalue weighted by Crippen LogP contribution is -2.22. The van der Waals surface area contributed by atoms with Crippen molar-refractivity contribution in [2.24, 2.45) is 5.73 Å². The van der Waals surface area contributed by atoms with Crippen LogP contribution in [0.2, 0.25) is 0 Å². The van der Waals surface area contributed by atoms with Gasteiger partial charge in [0.05, 0.1) is 12.2 Å². The van der Waals surface area contributed by atoms with Gasteiger partial charge >= 0.3 is 5.97 Å². The minimum absolute atomic E-state index is 0.0919. The number of aryl methyl sites for hydroxylation is 1. The van der Waals surface area contributed by atoms with Gasteiger partial charge in [-0.25, -0.2) is 14.6 Å². The third kappa shape index (κ3) is 3.11. The molecule has 2 atom stereocenters. The molecule has 1 fully saturated rings. The molecule has 7 nitrogen and oxygen atoms in total. The Morgan fingerprint density at radius 1 is 1.21 bits per heavy atom. The maximum absolute atomic E-state index is 11.6. The van der Waals surface area contributed by atoms with Crippen LogP contribution in [0.15, 0.2) is 30.3 Å². The van der Waals surface area contributed by atoms with E-state index in [1.807, 2.05) is 37.3 Å². The van der Waals surface area contributed by atoms with E-state index in [-0.39, 0.29) is 24.5 Å². The number of nitrogens with zero attached hydrogens (tertiary/aromatic N) is 3. The molecular formula is C21H25N5O2. The Labute approximate surface area is 163 Å². The summed E-state index contributed by atoms with van der Waals surface area (Å²) in [7, 11) is 0. The van der Waals surface area contributed by atoms with Crippen molar-refractivity contribution in [2.75, 3.05) is 12.4 Å². The number of ether oxygens (including phenoxy) is 1. The van der Waals surface area contributed by atoms with Crippen LogP contribution < -0.4 is 11.6 Å². The lowest BCUT2D eigenvalue weighted by molar-refractivity contribution is -0.146. The minimum Gasteiger partial charge on any atom is -0.461 e. The van der Waals surface area contributed by atoms with Gasteiger partial charge in [0, 0.05) is 22.6 Å². The van der Waals surface area contributed by atoms with Gasteiger partial charge in [0.15, 0.2) is 11.5 Å². The molecule has 0 amide bonds. The molecule has 1 aromatic carbocycles. The van der Waals surface area contributed by atoms with Gasteiger partial charge < -0.3 is 16.3 Å². The molecule has 1 aliphatic rings. The maximum Gasteiger partial charge on any atom is 0.319 e. The Hall–Kier alpha value is -2.93. The number of fused-ring (bicyclic) bond motifs is 1. The van der Waals surface area contributed by atoms with Crippen LogP contribution in [0.5, 0.6) is 0 Å². The van der Waals surface area contributed by atoms with Crippen molar-refractivity contribution in [3.05, 3.63) is 47.3 Å². The Balaban J connectivity index is 1.80. The van der Waals surface area contributed by atoms with Gasteiger partial charge in [0.1, 0.15) is 6.10 Å². The van der Waals surface area contributed by atoms with Crippen molar-refractivity contribution >= 4 is 17.0 Å². The number of carbonyl (C=O) groups is 1. The van der Waals surface area contributed by atoms with E-state index in [4.69, 9.17) is 26.3 Å². The molecule has 28 heavy (non-hydrogen) atoms. The first kappa shape index (κ1) is 18.4. The number of nitrogens with two attached hydrogens (primary N) is 2. The van der Waals surface area contributed by atoms with Crippen molar-refractivity contribution in [2.45, 2.75) is 45.1 Å². The molecule has 2 heterocycles. The monoisotopic (exact) mass is 379 g/mol. The van der Waals surface area contributed by atoms with Crippen LogP contribution in [0.3, 0.4) is 0 Å². The van der Waals surface area contributed by atoms with Crippen molar-refractivity contribution in [1.82, 2.24) is 14.6 Å². The van der Waals surface area contributed by atoms with E-state index in [0.717, 1.165) is 52.8 Å². The molecule has 4 N–H and O–H groups in total. The standard InChI is InChI=1S/C21H25N5O2/c1-12-13(2)26(23)21-18(12)19(15-8-9-16(10-15)28-17(27)11-22)24-20(25-21)14-6-4-3-5-7-14/h3-7,15-16H,8-11,22-23H2,1-2H3/t15-,16+/m0/s1. The second-order valence-electron chi connectivity index (χ2n) is 7.40. The quantitative estimate of drug-likeness (QED) is 0.533. The van der Waals surface area contributed by atoms with E-state index >= 15 is 0 Å². The van der Waals surface area contributed by atoms with Gasteiger partial charge in [0.2, 0.25) is 0 Å². The number of carbonyl (C=O) groups excluding carboxylic acids is 1. The Bertz CT molecular complexity index is 1030. The molecule has 1 aliphatic carbocycles. The van der Waals surface area contributed by atoms with Crippen LogP contribution in [0.4, 0.5) is 0 Å². The fourth-order valence-corrected chi connectivity index (χ4v) is 4.06. The molecular weight excluding hydrogens is 354 g/mol. The van der Waals surface area contributed by atoms with Crippen molar-refractivity contribution in [3.63, 3.8) is 0 Å². The van der Waals surface area contributed by atoms with Gasteiger partial charge in [-0.1, -0.05) is 30.3 Å². The molecule has 0 bridgehead atoms. The summed E-state index contributed by atoms with van der Waals surface area (Å²) in [6.07, 6.45) is 2.33. The van der Waals surface area contributed by atoms with Crippen molar-refractivity contribution in [1.29, 1.82) is 0 Å². The molecule has 0 aliphatic heterocycles. The second kappa shape index (κ2) is 7.24. The average molecular weight is 379 g/mol. The molecule has 1 saturated carbocycles. The number of benzene rings is 1. The third-order valence-corrected chi connectivity index (χ3v) is 5.69. The van der Waals surface area contributed by atoms with Crippen LogP contribution in [-0.2, 0) is 9.53 Å². The Morgan fingerprint density at radius 3 is 2.68 bits per heavy atom. The van der Waals surface area contributed by atoms with E-state index in [9.17, 15) is 4.79 Å². The summed E-state index contributed by atoms with van der Waals surface area (Å²) in [6, 6.07) is 9.90. The predicted octanol–water partition coefficient (Wildman–Crippen LogP) is 2.57. The number of nitrogen functional groups attached to an aromatic ring is 1. The summed E-state index contributed by atoms with van der Waals surface area (Å²) in [5.74, 6) is 6.80. The highest BCUT2D eigenvalue weighted by atomic mass is 16.5. The van der Waals surface area contributed by atoms with Crippen molar-refractivity contribution in [3.8, 4) is 11.4 Å². The molecule has 146 valence electrons. The smallest absolute Gasteiger partial charge is 0.319 e. The van der Waals surface area contributed by atoms with Crippen LogP contribution in [0, 0.1) is 13.8 Å². The Kier molecular flexibility index (Phi) is 4.77. The summed E-state index contributed by atoms with van der Waals surface area (Å²) in [4.78, 5) is 21.3. The van der Waals surface area contributed by atoms with Gasteiger partial charge in [-0.05, 0) is 38.7 Å². The predicted molar refractivity (Wildman–Crippen MR) is 108 cm³/mol. The molecule has 3 aromatic rings. The van der Waals surface area contributed by atoms with E-state index in [1.54, 1.807) is 4.68 Å². The zero-order chi connectivity index (χ0) is 19.8. The average Bonchev–Trinajstić information content (AvgIpc) is 3.27. The highest BCUT2D eigenvalue weighted by molar-refractivity contribution is 5.86. The summed E-state index contributed by atoms with van der Waals surface area (Å²) in [5, 5.41) is 1.01. The highest BCUT2D eigenvalue weighted by Gasteiger charge is 2.32. The largest absolute Gasteiger partial charge is 0.461 e.